The first-order chi connectivity index (χ1) is 11.1. The third kappa shape index (κ3) is 2.79. The summed E-state index contributed by atoms with van der Waals surface area (Å²) >= 11 is 0. The zero-order chi connectivity index (χ0) is 16.4. The number of hydrogen-bond acceptors (Lipinski definition) is 4. The molecule has 3 rings (SSSR count). The Labute approximate surface area is 133 Å². The molecule has 2 aromatic heterocycles. The van der Waals surface area contributed by atoms with Gasteiger partial charge in [-0.2, -0.15) is 5.26 Å². The molecule has 0 unspecified atom stereocenters. The molecular formula is C18H15N3O2. The van der Waals surface area contributed by atoms with Crippen molar-refractivity contribution in [1.29, 1.82) is 5.26 Å². The number of nitrogens with zero attached hydrogens (tertiary/aromatic N) is 3. The minimum atomic E-state index is -0.299. The fourth-order valence-electron chi connectivity index (χ4n) is 2.65. The second-order valence-corrected chi connectivity index (χ2v) is 5.37. The summed E-state index contributed by atoms with van der Waals surface area (Å²) in [6.45, 7) is 4.06. The molecule has 0 fully saturated rings. The number of aromatic nitrogens is 2. The molecule has 0 aliphatic rings. The van der Waals surface area contributed by atoms with Gasteiger partial charge in [0.1, 0.15) is 17.4 Å². The van der Waals surface area contributed by atoms with E-state index >= 15 is 0 Å². The first kappa shape index (κ1) is 14.8. The third-order valence-corrected chi connectivity index (χ3v) is 3.72. The molecule has 0 bridgehead atoms. The summed E-state index contributed by atoms with van der Waals surface area (Å²) in [6, 6.07) is 13.2. The van der Waals surface area contributed by atoms with Gasteiger partial charge in [0.25, 0.3) is 5.56 Å². The molecule has 0 spiro atoms. The Morgan fingerprint density at radius 3 is 2.61 bits per heavy atom. The van der Waals surface area contributed by atoms with Crippen LogP contribution < -0.4 is 5.56 Å². The van der Waals surface area contributed by atoms with Crippen molar-refractivity contribution in [2.24, 2.45) is 0 Å². The number of benzene rings is 1. The van der Waals surface area contributed by atoms with Gasteiger partial charge in [0, 0.05) is 17.3 Å². The van der Waals surface area contributed by atoms with Gasteiger partial charge in [-0.25, -0.2) is 0 Å². The van der Waals surface area contributed by atoms with Crippen molar-refractivity contribution >= 4 is 0 Å². The minimum Gasteiger partial charge on any atom is -0.361 e. The van der Waals surface area contributed by atoms with E-state index in [1.807, 2.05) is 50.2 Å². The van der Waals surface area contributed by atoms with Crippen LogP contribution in [0.3, 0.4) is 0 Å². The highest BCUT2D eigenvalue weighted by Crippen LogP contribution is 2.26. The van der Waals surface area contributed by atoms with Crippen LogP contribution in [-0.4, -0.2) is 9.72 Å². The number of rotatable bonds is 3. The Morgan fingerprint density at radius 1 is 1.26 bits per heavy atom. The number of hydrogen-bond donors (Lipinski definition) is 0. The monoisotopic (exact) mass is 305 g/mol. The topological polar surface area (TPSA) is 71.8 Å². The fourth-order valence-corrected chi connectivity index (χ4v) is 2.65. The molecule has 0 radical (unpaired) electrons. The van der Waals surface area contributed by atoms with E-state index in [9.17, 15) is 10.1 Å². The maximum Gasteiger partial charge on any atom is 0.268 e. The molecule has 5 nitrogen and oxygen atoms in total. The van der Waals surface area contributed by atoms with Crippen LogP contribution in [-0.2, 0) is 6.54 Å². The van der Waals surface area contributed by atoms with Gasteiger partial charge in [0.2, 0.25) is 0 Å². The zero-order valence-corrected chi connectivity index (χ0v) is 12.9. The Bertz CT molecular complexity index is 927. The maximum absolute atomic E-state index is 12.4. The smallest absolute Gasteiger partial charge is 0.268 e. The molecule has 0 saturated carbocycles. The van der Waals surface area contributed by atoms with E-state index in [2.05, 4.69) is 5.16 Å². The average Bonchev–Trinajstić information content (AvgIpc) is 2.89. The lowest BCUT2D eigenvalue weighted by Gasteiger charge is -2.09. The van der Waals surface area contributed by atoms with E-state index < -0.39 is 0 Å². The average molecular weight is 305 g/mol. The van der Waals surface area contributed by atoms with Crippen LogP contribution in [0, 0.1) is 25.2 Å². The standard InChI is InChI=1S/C18H15N3O2/c1-12-17(13(2)23-20-12)16-8-15(9-19)18(22)21(11-16)10-14-6-4-3-5-7-14/h3-8,11H,10H2,1-2H3. The molecule has 0 aliphatic carbocycles. The molecule has 0 N–H and O–H groups in total. The SMILES string of the molecule is Cc1noc(C)c1-c1cc(C#N)c(=O)n(Cc2ccccc2)c1. The fraction of sp³-hybridized carbons (Fsp3) is 0.167. The van der Waals surface area contributed by atoms with Crippen molar-refractivity contribution in [3.8, 4) is 17.2 Å². The third-order valence-electron chi connectivity index (χ3n) is 3.72. The van der Waals surface area contributed by atoms with Gasteiger partial charge in [0.15, 0.2) is 0 Å². The number of nitriles is 1. The molecule has 1 aromatic carbocycles. The lowest BCUT2D eigenvalue weighted by molar-refractivity contribution is 0.393. The van der Waals surface area contributed by atoms with E-state index in [4.69, 9.17) is 4.52 Å². The van der Waals surface area contributed by atoms with Gasteiger partial charge in [-0.15, -0.1) is 0 Å². The maximum atomic E-state index is 12.4. The van der Waals surface area contributed by atoms with E-state index in [-0.39, 0.29) is 11.1 Å². The molecule has 0 amide bonds. The molecule has 2 heterocycles. The van der Waals surface area contributed by atoms with Crippen LogP contribution in [0.1, 0.15) is 22.6 Å². The Hall–Kier alpha value is -3.13. The highest BCUT2D eigenvalue weighted by atomic mass is 16.5. The van der Waals surface area contributed by atoms with Crippen LogP contribution >= 0.6 is 0 Å². The molecule has 23 heavy (non-hydrogen) atoms. The van der Waals surface area contributed by atoms with Crippen LogP contribution in [0.5, 0.6) is 0 Å². The van der Waals surface area contributed by atoms with Crippen molar-refractivity contribution in [3.05, 3.63) is 75.5 Å². The van der Waals surface area contributed by atoms with Crippen molar-refractivity contribution < 1.29 is 4.52 Å². The van der Waals surface area contributed by atoms with Gasteiger partial charge in [0.05, 0.1) is 12.2 Å². The molecule has 0 saturated heterocycles. The quantitative estimate of drug-likeness (QED) is 0.745. The van der Waals surface area contributed by atoms with E-state index in [1.54, 1.807) is 16.8 Å². The summed E-state index contributed by atoms with van der Waals surface area (Å²) in [4.78, 5) is 12.4. The van der Waals surface area contributed by atoms with Gasteiger partial charge in [-0.05, 0) is 25.5 Å². The summed E-state index contributed by atoms with van der Waals surface area (Å²) in [5, 5.41) is 13.2. The summed E-state index contributed by atoms with van der Waals surface area (Å²) in [6.07, 6.45) is 1.75. The summed E-state index contributed by atoms with van der Waals surface area (Å²) in [5.41, 5.74) is 3.12. The normalized spacial score (nSPS) is 10.5. The summed E-state index contributed by atoms with van der Waals surface area (Å²) in [5.74, 6) is 0.663. The van der Waals surface area contributed by atoms with Crippen molar-refractivity contribution in [3.63, 3.8) is 0 Å². The van der Waals surface area contributed by atoms with E-state index in [0.29, 0.717) is 12.3 Å². The van der Waals surface area contributed by atoms with Crippen LogP contribution in [0.2, 0.25) is 0 Å². The first-order valence-corrected chi connectivity index (χ1v) is 7.22. The molecule has 3 aromatic rings. The van der Waals surface area contributed by atoms with Crippen molar-refractivity contribution in [2.45, 2.75) is 20.4 Å². The molecule has 0 aliphatic heterocycles. The zero-order valence-electron chi connectivity index (χ0n) is 12.9. The predicted molar refractivity (Wildman–Crippen MR) is 85.9 cm³/mol. The second kappa shape index (κ2) is 5.93. The number of aryl methyl sites for hydroxylation is 2. The highest BCUT2D eigenvalue weighted by molar-refractivity contribution is 5.68. The first-order valence-electron chi connectivity index (χ1n) is 7.22. The van der Waals surface area contributed by atoms with Crippen molar-refractivity contribution in [1.82, 2.24) is 9.72 Å². The van der Waals surface area contributed by atoms with Crippen LogP contribution in [0.4, 0.5) is 0 Å². The molecule has 114 valence electrons. The Morgan fingerprint density at radius 2 is 2.00 bits per heavy atom. The largest absolute Gasteiger partial charge is 0.361 e. The van der Waals surface area contributed by atoms with Gasteiger partial charge in [-0.1, -0.05) is 35.5 Å². The molecule has 0 atom stereocenters. The van der Waals surface area contributed by atoms with Gasteiger partial charge < -0.3 is 9.09 Å². The lowest BCUT2D eigenvalue weighted by atomic mass is 10.0. The van der Waals surface area contributed by atoms with Gasteiger partial charge >= 0.3 is 0 Å². The predicted octanol–water partition coefficient (Wildman–Crippen LogP) is 3.04. The Balaban J connectivity index is 2.15. The van der Waals surface area contributed by atoms with Crippen LogP contribution in [0.15, 0.2) is 51.9 Å². The number of pyridine rings is 1. The molecule has 5 heteroatoms. The Kier molecular flexibility index (Phi) is 3.82. The second-order valence-electron chi connectivity index (χ2n) is 5.37. The van der Waals surface area contributed by atoms with Crippen LogP contribution in [0.25, 0.3) is 11.1 Å². The van der Waals surface area contributed by atoms with E-state index in [0.717, 1.165) is 22.4 Å². The lowest BCUT2D eigenvalue weighted by Crippen LogP contribution is -2.23. The van der Waals surface area contributed by atoms with E-state index in [1.165, 1.54) is 0 Å². The highest BCUT2D eigenvalue weighted by Gasteiger charge is 2.15. The summed E-state index contributed by atoms with van der Waals surface area (Å²) in [7, 11) is 0. The van der Waals surface area contributed by atoms with Gasteiger partial charge in [-0.3, -0.25) is 4.79 Å². The van der Waals surface area contributed by atoms with Crippen molar-refractivity contribution in [2.75, 3.05) is 0 Å². The molecular weight excluding hydrogens is 290 g/mol. The summed E-state index contributed by atoms with van der Waals surface area (Å²) < 4.78 is 6.74. The minimum absolute atomic E-state index is 0.110.